The number of thiazole rings is 1. The molecule has 1 atom stereocenters. The molecule has 4 heteroatoms. The Morgan fingerprint density at radius 2 is 1.75 bits per heavy atom. The molecule has 0 saturated carbocycles. The standard InChI is InChI=1S/C20H19N3S/c1-14-8-6-7-11-17(14)19-12-18(16-9-4-3-5-10-16)22-23(19)20-21-15(2)13-24-20/h3-11,13,19H,12H2,1-2H3. The Hall–Kier alpha value is -2.46. The molecule has 0 radical (unpaired) electrons. The Labute approximate surface area is 146 Å². The van der Waals surface area contributed by atoms with Crippen LogP contribution in [0.25, 0.3) is 0 Å². The normalized spacial score (nSPS) is 17.2. The fourth-order valence-corrected chi connectivity index (χ4v) is 3.94. The summed E-state index contributed by atoms with van der Waals surface area (Å²) in [4.78, 5) is 4.66. The number of hydrogen-bond acceptors (Lipinski definition) is 4. The van der Waals surface area contributed by atoms with E-state index in [0.717, 1.165) is 23.0 Å². The molecule has 24 heavy (non-hydrogen) atoms. The second kappa shape index (κ2) is 6.21. The van der Waals surface area contributed by atoms with Crippen LogP contribution >= 0.6 is 11.3 Å². The van der Waals surface area contributed by atoms with E-state index >= 15 is 0 Å². The highest BCUT2D eigenvalue weighted by Gasteiger charge is 2.32. The Morgan fingerprint density at radius 1 is 1.00 bits per heavy atom. The zero-order chi connectivity index (χ0) is 16.5. The van der Waals surface area contributed by atoms with E-state index in [4.69, 9.17) is 5.10 Å². The van der Waals surface area contributed by atoms with Crippen LogP contribution in [0.5, 0.6) is 0 Å². The first-order valence-electron chi connectivity index (χ1n) is 8.12. The van der Waals surface area contributed by atoms with Gasteiger partial charge in [0.25, 0.3) is 0 Å². The molecule has 0 spiro atoms. The third-order valence-corrected chi connectivity index (χ3v) is 5.32. The van der Waals surface area contributed by atoms with Gasteiger partial charge in [-0.3, -0.25) is 0 Å². The first kappa shape index (κ1) is 15.1. The van der Waals surface area contributed by atoms with E-state index in [1.54, 1.807) is 11.3 Å². The molecule has 3 aromatic rings. The molecule has 0 bridgehead atoms. The minimum atomic E-state index is 0.201. The summed E-state index contributed by atoms with van der Waals surface area (Å²) in [6, 6.07) is 19.2. The van der Waals surface area contributed by atoms with Gasteiger partial charge >= 0.3 is 0 Å². The van der Waals surface area contributed by atoms with Crippen molar-refractivity contribution >= 4 is 22.2 Å². The van der Waals surface area contributed by atoms with Gasteiger partial charge in [0, 0.05) is 11.8 Å². The van der Waals surface area contributed by atoms with Crippen LogP contribution in [0, 0.1) is 13.8 Å². The topological polar surface area (TPSA) is 28.5 Å². The van der Waals surface area contributed by atoms with Gasteiger partial charge < -0.3 is 0 Å². The average molecular weight is 333 g/mol. The molecule has 120 valence electrons. The maximum Gasteiger partial charge on any atom is 0.206 e. The predicted molar refractivity (Wildman–Crippen MR) is 101 cm³/mol. The smallest absolute Gasteiger partial charge is 0.206 e. The van der Waals surface area contributed by atoms with Crippen LogP contribution in [0.3, 0.4) is 0 Å². The van der Waals surface area contributed by atoms with Crippen LogP contribution < -0.4 is 5.01 Å². The van der Waals surface area contributed by atoms with Crippen molar-refractivity contribution in [1.82, 2.24) is 4.98 Å². The van der Waals surface area contributed by atoms with Gasteiger partial charge in [-0.1, -0.05) is 54.6 Å². The monoisotopic (exact) mass is 333 g/mol. The summed E-state index contributed by atoms with van der Waals surface area (Å²) in [6.07, 6.45) is 0.896. The Balaban J connectivity index is 1.77. The molecular weight excluding hydrogens is 314 g/mol. The fraction of sp³-hybridized carbons (Fsp3) is 0.200. The number of rotatable bonds is 3. The quantitative estimate of drug-likeness (QED) is 0.666. The molecule has 3 nitrogen and oxygen atoms in total. The highest BCUT2D eigenvalue weighted by Crippen LogP contribution is 2.38. The van der Waals surface area contributed by atoms with Gasteiger partial charge in [-0.15, -0.1) is 11.3 Å². The summed E-state index contributed by atoms with van der Waals surface area (Å²) in [7, 11) is 0. The van der Waals surface area contributed by atoms with Crippen molar-refractivity contribution < 1.29 is 0 Å². The van der Waals surface area contributed by atoms with E-state index < -0.39 is 0 Å². The highest BCUT2D eigenvalue weighted by molar-refractivity contribution is 7.13. The first-order chi connectivity index (χ1) is 11.7. The third-order valence-electron chi connectivity index (χ3n) is 4.37. The van der Waals surface area contributed by atoms with Gasteiger partial charge in [0.05, 0.1) is 17.4 Å². The fourth-order valence-electron chi connectivity index (χ4n) is 3.14. The second-order valence-corrected chi connectivity index (χ2v) is 6.94. The molecule has 1 aliphatic rings. The number of nitrogens with zero attached hydrogens (tertiary/aromatic N) is 3. The summed E-state index contributed by atoms with van der Waals surface area (Å²) in [5, 5.41) is 10.1. The second-order valence-electron chi connectivity index (χ2n) is 6.11. The van der Waals surface area contributed by atoms with Crippen molar-refractivity contribution in [1.29, 1.82) is 0 Å². The number of hydrogen-bond donors (Lipinski definition) is 0. The number of aromatic nitrogens is 1. The summed E-state index contributed by atoms with van der Waals surface area (Å²) < 4.78 is 0. The number of aryl methyl sites for hydroxylation is 2. The van der Waals surface area contributed by atoms with Crippen LogP contribution in [0.1, 0.15) is 34.8 Å². The molecule has 2 heterocycles. The van der Waals surface area contributed by atoms with E-state index in [1.165, 1.54) is 16.7 Å². The van der Waals surface area contributed by atoms with E-state index in [-0.39, 0.29) is 6.04 Å². The maximum absolute atomic E-state index is 4.94. The van der Waals surface area contributed by atoms with Crippen LogP contribution in [0.15, 0.2) is 65.1 Å². The number of benzene rings is 2. The van der Waals surface area contributed by atoms with E-state index in [2.05, 4.69) is 70.8 Å². The van der Waals surface area contributed by atoms with Crippen LogP contribution in [-0.4, -0.2) is 10.7 Å². The van der Waals surface area contributed by atoms with E-state index in [1.807, 2.05) is 13.0 Å². The first-order valence-corrected chi connectivity index (χ1v) is 9.00. The molecule has 0 saturated heterocycles. The maximum atomic E-state index is 4.94. The van der Waals surface area contributed by atoms with Gasteiger partial charge in [-0.25, -0.2) is 9.99 Å². The molecule has 1 unspecified atom stereocenters. The van der Waals surface area contributed by atoms with Gasteiger partial charge in [-0.2, -0.15) is 5.10 Å². The molecular formula is C20H19N3S. The molecule has 1 aromatic heterocycles. The van der Waals surface area contributed by atoms with Crippen molar-refractivity contribution in [3.8, 4) is 0 Å². The summed E-state index contributed by atoms with van der Waals surface area (Å²) in [6.45, 7) is 4.20. The lowest BCUT2D eigenvalue weighted by atomic mass is 9.95. The average Bonchev–Trinajstić information content (AvgIpc) is 3.22. The molecule has 0 N–H and O–H groups in total. The van der Waals surface area contributed by atoms with Crippen molar-refractivity contribution in [3.05, 3.63) is 82.4 Å². The largest absolute Gasteiger partial charge is 0.231 e. The minimum Gasteiger partial charge on any atom is -0.231 e. The predicted octanol–water partition coefficient (Wildman–Crippen LogP) is 5.12. The molecule has 0 fully saturated rings. The molecule has 0 amide bonds. The van der Waals surface area contributed by atoms with Crippen molar-refractivity contribution in [2.75, 3.05) is 5.01 Å². The van der Waals surface area contributed by atoms with Crippen LogP contribution in [-0.2, 0) is 0 Å². The van der Waals surface area contributed by atoms with Crippen molar-refractivity contribution in [2.45, 2.75) is 26.3 Å². The van der Waals surface area contributed by atoms with E-state index in [0.29, 0.717) is 0 Å². The van der Waals surface area contributed by atoms with Crippen LogP contribution in [0.2, 0.25) is 0 Å². The van der Waals surface area contributed by atoms with Crippen molar-refractivity contribution in [2.24, 2.45) is 5.10 Å². The Kier molecular flexibility index (Phi) is 3.90. The zero-order valence-electron chi connectivity index (χ0n) is 13.8. The van der Waals surface area contributed by atoms with Gasteiger partial charge in [0.15, 0.2) is 0 Å². The highest BCUT2D eigenvalue weighted by atomic mass is 32.1. The molecule has 2 aromatic carbocycles. The minimum absolute atomic E-state index is 0.201. The molecule has 0 aliphatic carbocycles. The third kappa shape index (κ3) is 2.74. The lowest BCUT2D eigenvalue weighted by Gasteiger charge is -2.22. The summed E-state index contributed by atoms with van der Waals surface area (Å²) in [5.74, 6) is 0. The van der Waals surface area contributed by atoms with Gasteiger partial charge in [0.2, 0.25) is 5.13 Å². The zero-order valence-corrected chi connectivity index (χ0v) is 14.6. The van der Waals surface area contributed by atoms with Gasteiger partial charge in [-0.05, 0) is 30.5 Å². The Bertz CT molecular complexity index is 883. The Morgan fingerprint density at radius 3 is 2.46 bits per heavy atom. The SMILES string of the molecule is Cc1csc(N2N=C(c3ccccc3)CC2c2ccccc2C)n1. The van der Waals surface area contributed by atoms with Crippen molar-refractivity contribution in [3.63, 3.8) is 0 Å². The summed E-state index contributed by atoms with van der Waals surface area (Å²) >= 11 is 1.66. The number of hydrazone groups is 1. The molecule has 4 rings (SSSR count). The molecule has 1 aliphatic heterocycles. The lowest BCUT2D eigenvalue weighted by Crippen LogP contribution is -2.19. The van der Waals surface area contributed by atoms with Crippen LogP contribution in [0.4, 0.5) is 5.13 Å². The van der Waals surface area contributed by atoms with Gasteiger partial charge in [0.1, 0.15) is 0 Å². The summed E-state index contributed by atoms with van der Waals surface area (Å²) in [5.41, 5.74) is 5.97. The number of anilines is 1. The lowest BCUT2D eigenvalue weighted by molar-refractivity contribution is 0.701. The van der Waals surface area contributed by atoms with E-state index in [9.17, 15) is 0 Å².